The first-order chi connectivity index (χ1) is 9.36. The van der Waals surface area contributed by atoms with Gasteiger partial charge in [0.05, 0.1) is 4.90 Å². The molecule has 1 aromatic heterocycles. The molecule has 0 unspecified atom stereocenters. The Bertz CT molecular complexity index is 710. The predicted octanol–water partition coefficient (Wildman–Crippen LogP) is 2.11. The summed E-state index contributed by atoms with van der Waals surface area (Å²) in [7, 11) is -3.17. The van der Waals surface area contributed by atoms with E-state index in [-0.39, 0.29) is 0 Å². The highest BCUT2D eigenvalue weighted by molar-refractivity contribution is 7.90. The number of anilines is 1. The number of hydrogen-bond donors (Lipinski definition) is 1. The van der Waals surface area contributed by atoms with Gasteiger partial charge in [-0.2, -0.15) is 0 Å². The summed E-state index contributed by atoms with van der Waals surface area (Å²) in [6.45, 7) is 4.27. The first-order valence-corrected chi connectivity index (χ1v) is 8.07. The highest BCUT2D eigenvalue weighted by Gasteiger charge is 2.10. The predicted molar refractivity (Wildman–Crippen MR) is 78.4 cm³/mol. The van der Waals surface area contributed by atoms with Crippen LogP contribution < -0.4 is 5.32 Å². The molecule has 106 valence electrons. The molecular weight excluding hydrogens is 274 g/mol. The molecule has 5 nitrogen and oxygen atoms in total. The van der Waals surface area contributed by atoms with Crippen molar-refractivity contribution in [3.8, 4) is 0 Å². The van der Waals surface area contributed by atoms with Crippen LogP contribution in [-0.2, 0) is 16.4 Å². The summed E-state index contributed by atoms with van der Waals surface area (Å²) < 4.78 is 23.1. The molecule has 6 heteroatoms. The third-order valence-electron chi connectivity index (χ3n) is 2.87. The lowest BCUT2D eigenvalue weighted by atomic mass is 10.1. The van der Waals surface area contributed by atoms with E-state index in [0.29, 0.717) is 17.4 Å². The zero-order valence-corrected chi connectivity index (χ0v) is 12.5. The Kier molecular flexibility index (Phi) is 4.04. The molecule has 20 heavy (non-hydrogen) atoms. The van der Waals surface area contributed by atoms with Gasteiger partial charge in [-0.15, -0.1) is 0 Å². The van der Waals surface area contributed by atoms with Crippen LogP contribution in [0.15, 0.2) is 35.5 Å². The minimum Gasteiger partial charge on any atom is -0.350 e. The summed E-state index contributed by atoms with van der Waals surface area (Å²) in [6, 6.07) is 5.29. The molecule has 0 radical (unpaired) electrons. The summed E-state index contributed by atoms with van der Waals surface area (Å²) in [4.78, 5) is 8.68. The van der Waals surface area contributed by atoms with Crippen LogP contribution in [0.4, 0.5) is 5.95 Å². The van der Waals surface area contributed by atoms with E-state index in [1.54, 1.807) is 31.5 Å². The minimum absolute atomic E-state index is 0.368. The molecule has 2 rings (SSSR count). The second-order valence-electron chi connectivity index (χ2n) is 4.81. The summed E-state index contributed by atoms with van der Waals surface area (Å²) in [5.41, 5.74) is 2.74. The molecular formula is C14H17N3O2S. The summed E-state index contributed by atoms with van der Waals surface area (Å²) >= 11 is 0. The van der Waals surface area contributed by atoms with E-state index in [9.17, 15) is 8.42 Å². The Morgan fingerprint density at radius 1 is 1.15 bits per heavy atom. The smallest absolute Gasteiger partial charge is 0.222 e. The molecule has 0 fully saturated rings. The van der Waals surface area contributed by atoms with Gasteiger partial charge in [0.2, 0.25) is 5.95 Å². The van der Waals surface area contributed by atoms with Gasteiger partial charge in [0, 0.05) is 25.2 Å². The standard InChI is InChI=1S/C14H17N3O2S/c1-10-7-15-14(16-8-10)17-9-12-4-5-13(11(2)6-12)20(3,18)19/h4-8H,9H2,1-3H3,(H,15,16,17). The molecule has 2 aromatic rings. The van der Waals surface area contributed by atoms with E-state index in [4.69, 9.17) is 0 Å². The average molecular weight is 291 g/mol. The molecule has 0 amide bonds. The Labute approximate surface area is 119 Å². The van der Waals surface area contributed by atoms with E-state index in [1.807, 2.05) is 13.0 Å². The van der Waals surface area contributed by atoms with E-state index in [1.165, 1.54) is 6.26 Å². The maximum atomic E-state index is 11.5. The van der Waals surface area contributed by atoms with Gasteiger partial charge >= 0.3 is 0 Å². The number of sulfone groups is 1. The largest absolute Gasteiger partial charge is 0.350 e. The van der Waals surface area contributed by atoms with Crippen LogP contribution in [0, 0.1) is 13.8 Å². The monoisotopic (exact) mass is 291 g/mol. The lowest BCUT2D eigenvalue weighted by Crippen LogP contribution is -2.05. The van der Waals surface area contributed by atoms with Gasteiger partial charge in [0.25, 0.3) is 0 Å². The number of benzene rings is 1. The van der Waals surface area contributed by atoms with E-state index in [2.05, 4.69) is 15.3 Å². The first kappa shape index (κ1) is 14.5. The number of aryl methyl sites for hydroxylation is 2. The highest BCUT2D eigenvalue weighted by atomic mass is 32.2. The second kappa shape index (κ2) is 5.58. The molecule has 0 spiro atoms. The van der Waals surface area contributed by atoms with Gasteiger partial charge in [-0.05, 0) is 36.6 Å². The van der Waals surface area contributed by atoms with Crippen LogP contribution >= 0.6 is 0 Å². The molecule has 1 N–H and O–H groups in total. The SMILES string of the molecule is Cc1cnc(NCc2ccc(S(C)(=O)=O)c(C)c2)nc1. The molecule has 0 bridgehead atoms. The summed E-state index contributed by atoms with van der Waals surface area (Å²) in [5, 5.41) is 3.10. The molecule has 1 aromatic carbocycles. The molecule has 0 aliphatic rings. The first-order valence-electron chi connectivity index (χ1n) is 6.18. The normalized spacial score (nSPS) is 11.3. The number of nitrogens with zero attached hydrogens (tertiary/aromatic N) is 2. The van der Waals surface area contributed by atoms with Gasteiger partial charge < -0.3 is 5.32 Å². The van der Waals surface area contributed by atoms with Crippen molar-refractivity contribution in [1.29, 1.82) is 0 Å². The van der Waals surface area contributed by atoms with Crippen LogP contribution in [0.25, 0.3) is 0 Å². The highest BCUT2D eigenvalue weighted by Crippen LogP contribution is 2.17. The van der Waals surface area contributed by atoms with Crippen LogP contribution in [-0.4, -0.2) is 24.6 Å². The summed E-state index contributed by atoms with van der Waals surface area (Å²) in [6.07, 6.45) is 4.70. The van der Waals surface area contributed by atoms with Crippen molar-refractivity contribution in [3.63, 3.8) is 0 Å². The lowest BCUT2D eigenvalue weighted by Gasteiger charge is -2.08. The van der Waals surface area contributed by atoms with Crippen molar-refractivity contribution in [2.24, 2.45) is 0 Å². The molecule has 0 saturated heterocycles. The van der Waals surface area contributed by atoms with Crippen molar-refractivity contribution in [2.75, 3.05) is 11.6 Å². The fraction of sp³-hybridized carbons (Fsp3) is 0.286. The lowest BCUT2D eigenvalue weighted by molar-refractivity contribution is 0.601. The van der Waals surface area contributed by atoms with Crippen molar-refractivity contribution in [3.05, 3.63) is 47.3 Å². The van der Waals surface area contributed by atoms with Gasteiger partial charge in [0.15, 0.2) is 9.84 Å². The van der Waals surface area contributed by atoms with Crippen molar-refractivity contribution in [2.45, 2.75) is 25.3 Å². The number of hydrogen-bond acceptors (Lipinski definition) is 5. The van der Waals surface area contributed by atoms with Crippen LogP contribution in [0.2, 0.25) is 0 Å². The van der Waals surface area contributed by atoms with Gasteiger partial charge in [-0.3, -0.25) is 0 Å². The van der Waals surface area contributed by atoms with Gasteiger partial charge in [0.1, 0.15) is 0 Å². The minimum atomic E-state index is -3.17. The average Bonchev–Trinajstić information content (AvgIpc) is 2.36. The van der Waals surface area contributed by atoms with E-state index in [0.717, 1.165) is 16.7 Å². The Balaban J connectivity index is 2.11. The fourth-order valence-corrected chi connectivity index (χ4v) is 2.86. The second-order valence-corrected chi connectivity index (χ2v) is 6.79. The Hall–Kier alpha value is -1.95. The number of rotatable bonds is 4. The van der Waals surface area contributed by atoms with Crippen molar-refractivity contribution < 1.29 is 8.42 Å². The molecule has 0 aliphatic carbocycles. The van der Waals surface area contributed by atoms with Gasteiger partial charge in [-0.1, -0.05) is 12.1 Å². The third-order valence-corrected chi connectivity index (χ3v) is 4.13. The van der Waals surface area contributed by atoms with Gasteiger partial charge in [-0.25, -0.2) is 18.4 Å². The van der Waals surface area contributed by atoms with E-state index >= 15 is 0 Å². The maximum absolute atomic E-state index is 11.5. The molecule has 0 saturated carbocycles. The third kappa shape index (κ3) is 3.54. The maximum Gasteiger partial charge on any atom is 0.222 e. The number of aromatic nitrogens is 2. The zero-order valence-electron chi connectivity index (χ0n) is 11.7. The van der Waals surface area contributed by atoms with E-state index < -0.39 is 9.84 Å². The van der Waals surface area contributed by atoms with Crippen molar-refractivity contribution in [1.82, 2.24) is 9.97 Å². The number of nitrogens with one attached hydrogen (secondary N) is 1. The summed E-state index contributed by atoms with van der Waals surface area (Å²) in [5.74, 6) is 0.556. The zero-order chi connectivity index (χ0) is 14.8. The van der Waals surface area contributed by atoms with Crippen molar-refractivity contribution >= 4 is 15.8 Å². The molecule has 0 aliphatic heterocycles. The Morgan fingerprint density at radius 3 is 2.35 bits per heavy atom. The fourth-order valence-electron chi connectivity index (χ4n) is 1.90. The Morgan fingerprint density at radius 2 is 1.80 bits per heavy atom. The topological polar surface area (TPSA) is 72.0 Å². The van der Waals surface area contributed by atoms with Crippen LogP contribution in [0.5, 0.6) is 0 Å². The molecule has 0 atom stereocenters. The quantitative estimate of drug-likeness (QED) is 0.934. The van der Waals surface area contributed by atoms with Crippen LogP contribution in [0.3, 0.4) is 0 Å². The molecule has 1 heterocycles. The van der Waals surface area contributed by atoms with Crippen LogP contribution in [0.1, 0.15) is 16.7 Å².